The van der Waals surface area contributed by atoms with Crippen molar-refractivity contribution in [2.24, 2.45) is 0 Å². The molecular formula is C15H21NO2. The zero-order valence-electron chi connectivity index (χ0n) is 11.4. The van der Waals surface area contributed by atoms with Crippen LogP contribution in [0.25, 0.3) is 0 Å². The van der Waals surface area contributed by atoms with Crippen LogP contribution in [0.1, 0.15) is 54.3 Å². The van der Waals surface area contributed by atoms with Crippen LogP contribution >= 0.6 is 0 Å². The van der Waals surface area contributed by atoms with Crippen molar-refractivity contribution in [3.05, 3.63) is 29.3 Å². The SMILES string of the molecule is CCCN(CCC)c1cccc(C=O)c1C(C)=O. The normalized spacial score (nSPS) is 10.2. The number of carbonyl (C=O) groups excluding carboxylic acids is 2. The Hall–Kier alpha value is -1.64. The second-order valence-electron chi connectivity index (χ2n) is 4.40. The Morgan fingerprint density at radius 3 is 2.28 bits per heavy atom. The van der Waals surface area contributed by atoms with Crippen LogP contribution in [0.4, 0.5) is 5.69 Å². The van der Waals surface area contributed by atoms with Crippen molar-refractivity contribution in [3.8, 4) is 0 Å². The van der Waals surface area contributed by atoms with Gasteiger partial charge in [0.2, 0.25) is 0 Å². The van der Waals surface area contributed by atoms with Gasteiger partial charge in [0, 0.05) is 24.3 Å². The molecule has 98 valence electrons. The number of aldehydes is 1. The van der Waals surface area contributed by atoms with Crippen molar-refractivity contribution in [3.63, 3.8) is 0 Å². The van der Waals surface area contributed by atoms with E-state index in [1.54, 1.807) is 6.07 Å². The number of nitrogens with zero attached hydrogens (tertiary/aromatic N) is 1. The number of hydrogen-bond donors (Lipinski definition) is 0. The molecule has 0 aliphatic heterocycles. The molecule has 0 saturated carbocycles. The fraction of sp³-hybridized carbons (Fsp3) is 0.467. The fourth-order valence-electron chi connectivity index (χ4n) is 2.20. The zero-order valence-corrected chi connectivity index (χ0v) is 11.4. The van der Waals surface area contributed by atoms with E-state index in [-0.39, 0.29) is 5.78 Å². The molecule has 0 saturated heterocycles. The molecule has 0 bridgehead atoms. The van der Waals surface area contributed by atoms with Crippen LogP contribution in [-0.4, -0.2) is 25.2 Å². The average Bonchev–Trinajstić information content (AvgIpc) is 2.37. The van der Waals surface area contributed by atoms with Gasteiger partial charge in [-0.15, -0.1) is 0 Å². The number of benzene rings is 1. The van der Waals surface area contributed by atoms with Crippen molar-refractivity contribution >= 4 is 17.8 Å². The maximum atomic E-state index is 11.8. The molecule has 0 aliphatic carbocycles. The van der Waals surface area contributed by atoms with Crippen LogP contribution in [0.5, 0.6) is 0 Å². The highest BCUT2D eigenvalue weighted by Gasteiger charge is 2.16. The molecule has 0 fully saturated rings. The van der Waals surface area contributed by atoms with Crippen molar-refractivity contribution < 1.29 is 9.59 Å². The van der Waals surface area contributed by atoms with E-state index in [4.69, 9.17) is 0 Å². The fourth-order valence-corrected chi connectivity index (χ4v) is 2.20. The Morgan fingerprint density at radius 2 is 1.83 bits per heavy atom. The molecule has 1 aromatic rings. The van der Waals surface area contributed by atoms with Gasteiger partial charge < -0.3 is 4.90 Å². The molecule has 1 rings (SSSR count). The molecule has 0 aromatic heterocycles. The predicted molar refractivity (Wildman–Crippen MR) is 74.6 cm³/mol. The number of Topliss-reactive ketones (excluding diaryl/α,β-unsaturated/α-hetero) is 1. The summed E-state index contributed by atoms with van der Waals surface area (Å²) in [4.78, 5) is 25.0. The minimum absolute atomic E-state index is 0.0510. The second kappa shape index (κ2) is 6.94. The van der Waals surface area contributed by atoms with Gasteiger partial charge in [0.15, 0.2) is 12.1 Å². The van der Waals surface area contributed by atoms with Crippen LogP contribution in [-0.2, 0) is 0 Å². The van der Waals surface area contributed by atoms with Gasteiger partial charge in [-0.3, -0.25) is 9.59 Å². The molecule has 0 N–H and O–H groups in total. The Bertz CT molecular complexity index is 421. The number of carbonyl (C=O) groups is 2. The minimum atomic E-state index is -0.0510. The number of anilines is 1. The first kappa shape index (κ1) is 14.4. The Labute approximate surface area is 109 Å². The Morgan fingerprint density at radius 1 is 1.22 bits per heavy atom. The Balaban J connectivity index is 3.27. The number of hydrogen-bond acceptors (Lipinski definition) is 3. The molecule has 0 amide bonds. The van der Waals surface area contributed by atoms with Crippen LogP contribution in [0, 0.1) is 0 Å². The molecule has 3 heteroatoms. The first-order valence-corrected chi connectivity index (χ1v) is 6.49. The van der Waals surface area contributed by atoms with Gasteiger partial charge in [-0.2, -0.15) is 0 Å². The van der Waals surface area contributed by atoms with E-state index in [9.17, 15) is 9.59 Å². The molecular weight excluding hydrogens is 226 g/mol. The van der Waals surface area contributed by atoms with Crippen molar-refractivity contribution in [2.45, 2.75) is 33.6 Å². The van der Waals surface area contributed by atoms with Gasteiger partial charge in [-0.1, -0.05) is 26.0 Å². The summed E-state index contributed by atoms with van der Waals surface area (Å²) in [5.41, 5.74) is 1.92. The molecule has 0 aliphatic rings. The van der Waals surface area contributed by atoms with Gasteiger partial charge in [0.25, 0.3) is 0 Å². The third-order valence-corrected chi connectivity index (χ3v) is 2.88. The highest BCUT2D eigenvalue weighted by molar-refractivity contribution is 6.06. The summed E-state index contributed by atoms with van der Waals surface area (Å²) in [6.45, 7) is 7.54. The lowest BCUT2D eigenvalue weighted by molar-refractivity contribution is 0.101. The lowest BCUT2D eigenvalue weighted by atomic mass is 10.0. The minimum Gasteiger partial charge on any atom is -0.371 e. The summed E-state index contributed by atoms with van der Waals surface area (Å²) in [5, 5.41) is 0. The highest BCUT2D eigenvalue weighted by Crippen LogP contribution is 2.24. The average molecular weight is 247 g/mol. The number of rotatable bonds is 7. The van der Waals surface area contributed by atoms with Crippen LogP contribution in [0.15, 0.2) is 18.2 Å². The third kappa shape index (κ3) is 3.19. The summed E-state index contributed by atoms with van der Waals surface area (Å²) < 4.78 is 0. The van der Waals surface area contributed by atoms with Gasteiger partial charge in [-0.25, -0.2) is 0 Å². The Kier molecular flexibility index (Phi) is 5.56. The summed E-state index contributed by atoms with van der Waals surface area (Å²) in [6, 6.07) is 5.46. The van der Waals surface area contributed by atoms with Crippen LogP contribution < -0.4 is 4.90 Å². The van der Waals surface area contributed by atoms with Gasteiger partial charge in [0.05, 0.1) is 5.56 Å². The first-order chi connectivity index (χ1) is 8.65. The summed E-state index contributed by atoms with van der Waals surface area (Å²) in [6.07, 6.45) is 2.79. The molecule has 0 spiro atoms. The molecule has 0 atom stereocenters. The third-order valence-electron chi connectivity index (χ3n) is 2.88. The maximum absolute atomic E-state index is 11.8. The zero-order chi connectivity index (χ0) is 13.5. The molecule has 3 nitrogen and oxygen atoms in total. The summed E-state index contributed by atoms with van der Waals surface area (Å²) >= 11 is 0. The summed E-state index contributed by atoms with van der Waals surface area (Å²) in [5.74, 6) is -0.0510. The molecule has 0 radical (unpaired) electrons. The predicted octanol–water partition coefficient (Wildman–Crippen LogP) is 3.33. The lowest BCUT2D eigenvalue weighted by Crippen LogP contribution is -2.27. The van der Waals surface area contributed by atoms with E-state index in [0.29, 0.717) is 11.1 Å². The quantitative estimate of drug-likeness (QED) is 0.548. The summed E-state index contributed by atoms with van der Waals surface area (Å²) in [7, 11) is 0. The maximum Gasteiger partial charge on any atom is 0.162 e. The standard InChI is InChI=1S/C15H21NO2/c1-4-9-16(10-5-2)14-8-6-7-13(11-17)15(14)12(3)18/h6-8,11H,4-5,9-10H2,1-3H3. The smallest absolute Gasteiger partial charge is 0.162 e. The second-order valence-corrected chi connectivity index (χ2v) is 4.40. The largest absolute Gasteiger partial charge is 0.371 e. The van der Waals surface area contributed by atoms with Gasteiger partial charge in [-0.05, 0) is 25.8 Å². The van der Waals surface area contributed by atoms with E-state index >= 15 is 0 Å². The topological polar surface area (TPSA) is 37.4 Å². The van der Waals surface area contributed by atoms with E-state index in [1.807, 2.05) is 12.1 Å². The first-order valence-electron chi connectivity index (χ1n) is 6.49. The van der Waals surface area contributed by atoms with E-state index in [0.717, 1.165) is 37.9 Å². The van der Waals surface area contributed by atoms with E-state index < -0.39 is 0 Å². The highest BCUT2D eigenvalue weighted by atomic mass is 16.1. The van der Waals surface area contributed by atoms with E-state index in [1.165, 1.54) is 6.92 Å². The molecule has 1 aromatic carbocycles. The molecule has 0 heterocycles. The van der Waals surface area contributed by atoms with Crippen molar-refractivity contribution in [2.75, 3.05) is 18.0 Å². The monoisotopic (exact) mass is 247 g/mol. The van der Waals surface area contributed by atoms with Gasteiger partial charge >= 0.3 is 0 Å². The van der Waals surface area contributed by atoms with Crippen molar-refractivity contribution in [1.29, 1.82) is 0 Å². The van der Waals surface area contributed by atoms with Crippen LogP contribution in [0.2, 0.25) is 0 Å². The van der Waals surface area contributed by atoms with E-state index in [2.05, 4.69) is 18.7 Å². The van der Waals surface area contributed by atoms with Crippen LogP contribution in [0.3, 0.4) is 0 Å². The number of ketones is 1. The molecule has 0 unspecified atom stereocenters. The lowest BCUT2D eigenvalue weighted by Gasteiger charge is -2.26. The van der Waals surface area contributed by atoms with Gasteiger partial charge in [0.1, 0.15) is 0 Å². The van der Waals surface area contributed by atoms with Crippen molar-refractivity contribution in [1.82, 2.24) is 0 Å². The molecule has 18 heavy (non-hydrogen) atoms.